The zero-order chi connectivity index (χ0) is 25.3. The highest BCUT2D eigenvalue weighted by atomic mass is 16.5. The van der Waals surface area contributed by atoms with E-state index in [0.717, 1.165) is 43.5 Å². The number of methoxy groups -OCH3 is 2. The average Bonchev–Trinajstić information content (AvgIpc) is 2.82. The molecule has 1 aromatic carbocycles. The molecular formula is C24H33N3O7. The Bertz CT molecular complexity index is 926. The average molecular weight is 476 g/mol. The van der Waals surface area contributed by atoms with Gasteiger partial charge in [0.2, 0.25) is 5.91 Å². The normalized spacial score (nSPS) is 19.7. The second kappa shape index (κ2) is 12.7. The van der Waals surface area contributed by atoms with Crippen molar-refractivity contribution >= 4 is 23.6 Å². The van der Waals surface area contributed by atoms with Crippen molar-refractivity contribution in [2.75, 3.05) is 41.4 Å². The maximum absolute atomic E-state index is 12.9. The van der Waals surface area contributed by atoms with E-state index in [2.05, 4.69) is 4.90 Å². The Hall–Kier alpha value is -3.40. The molecule has 2 N–H and O–H groups in total. The van der Waals surface area contributed by atoms with Gasteiger partial charge in [0.25, 0.3) is 0 Å². The molecule has 3 rings (SSSR count). The van der Waals surface area contributed by atoms with E-state index in [-0.39, 0.29) is 17.7 Å². The fraction of sp³-hybridized carbons (Fsp3) is 0.500. The number of aliphatic carboxylic acids is 2. The molecule has 1 heterocycles. The Labute approximate surface area is 199 Å². The van der Waals surface area contributed by atoms with Crippen molar-refractivity contribution in [3.63, 3.8) is 0 Å². The van der Waals surface area contributed by atoms with Crippen LogP contribution in [0.15, 0.2) is 35.5 Å². The highest BCUT2D eigenvalue weighted by molar-refractivity contribution is 6.07. The summed E-state index contributed by atoms with van der Waals surface area (Å²) in [5.74, 6) is -0.692. The third-order valence-corrected chi connectivity index (χ3v) is 5.72. The number of carboxylic acids is 2. The van der Waals surface area contributed by atoms with Crippen molar-refractivity contribution in [1.29, 1.82) is 0 Å². The van der Waals surface area contributed by atoms with Gasteiger partial charge in [-0.05, 0) is 45.1 Å². The highest BCUT2D eigenvalue weighted by Gasteiger charge is 2.41. The molecule has 1 saturated carbocycles. The van der Waals surface area contributed by atoms with Crippen molar-refractivity contribution in [1.82, 2.24) is 9.91 Å². The Balaban J connectivity index is 0.000000440. The molecule has 1 aromatic rings. The summed E-state index contributed by atoms with van der Waals surface area (Å²) >= 11 is 0. The maximum Gasteiger partial charge on any atom is 0.328 e. The van der Waals surface area contributed by atoms with Crippen LogP contribution in [0.2, 0.25) is 0 Å². The van der Waals surface area contributed by atoms with Gasteiger partial charge >= 0.3 is 11.9 Å². The van der Waals surface area contributed by atoms with E-state index in [1.807, 2.05) is 32.3 Å². The lowest BCUT2D eigenvalue weighted by atomic mass is 9.73. The SMILES string of the molecule is COc1ccc(C2=NN(CCN(C)C)C(=O)[C@H]3CCCC[C@@H]23)cc1OC.O=C(O)/C=C/C(=O)O. The summed E-state index contributed by atoms with van der Waals surface area (Å²) in [6.45, 7) is 1.41. The topological polar surface area (TPSA) is 129 Å². The summed E-state index contributed by atoms with van der Waals surface area (Å²) < 4.78 is 10.8. The first-order valence-corrected chi connectivity index (χ1v) is 11.1. The fourth-order valence-electron chi connectivity index (χ4n) is 4.06. The number of hydrogen-bond donors (Lipinski definition) is 2. The fourth-order valence-corrected chi connectivity index (χ4v) is 4.06. The number of amides is 1. The van der Waals surface area contributed by atoms with Gasteiger partial charge in [-0.2, -0.15) is 5.10 Å². The van der Waals surface area contributed by atoms with Gasteiger partial charge in [-0.15, -0.1) is 0 Å². The van der Waals surface area contributed by atoms with Crippen molar-refractivity contribution in [3.05, 3.63) is 35.9 Å². The lowest BCUT2D eigenvalue weighted by Crippen LogP contribution is -2.47. The Kier molecular flexibility index (Phi) is 10.1. The van der Waals surface area contributed by atoms with E-state index >= 15 is 0 Å². The van der Waals surface area contributed by atoms with E-state index < -0.39 is 11.9 Å². The van der Waals surface area contributed by atoms with Crippen LogP contribution in [-0.4, -0.2) is 85.1 Å². The number of carbonyl (C=O) groups excluding carboxylic acids is 1. The molecule has 0 saturated heterocycles. The molecular weight excluding hydrogens is 442 g/mol. The number of carboxylic acid groups (broad SMARTS) is 2. The Morgan fingerprint density at radius 3 is 2.18 bits per heavy atom. The molecule has 0 radical (unpaired) electrons. The summed E-state index contributed by atoms with van der Waals surface area (Å²) in [4.78, 5) is 34.1. The number of carbonyl (C=O) groups is 3. The summed E-state index contributed by atoms with van der Waals surface area (Å²) in [7, 11) is 7.29. The minimum absolute atomic E-state index is 0.0477. The summed E-state index contributed by atoms with van der Waals surface area (Å²) in [6, 6.07) is 5.91. The van der Waals surface area contributed by atoms with Gasteiger partial charge in [-0.1, -0.05) is 12.8 Å². The molecule has 0 spiro atoms. The van der Waals surface area contributed by atoms with Gasteiger partial charge in [-0.3, -0.25) is 4.79 Å². The van der Waals surface area contributed by atoms with E-state index in [9.17, 15) is 14.4 Å². The van der Waals surface area contributed by atoms with Crippen LogP contribution in [0, 0.1) is 11.8 Å². The number of ether oxygens (including phenoxy) is 2. The smallest absolute Gasteiger partial charge is 0.328 e. The van der Waals surface area contributed by atoms with Crippen LogP contribution in [-0.2, 0) is 14.4 Å². The second-order valence-electron chi connectivity index (χ2n) is 8.33. The van der Waals surface area contributed by atoms with Gasteiger partial charge in [0.15, 0.2) is 11.5 Å². The number of fused-ring (bicyclic) bond motifs is 1. The van der Waals surface area contributed by atoms with Gasteiger partial charge in [0, 0.05) is 36.1 Å². The predicted molar refractivity (Wildman–Crippen MR) is 126 cm³/mol. The van der Waals surface area contributed by atoms with E-state index in [1.165, 1.54) is 0 Å². The minimum Gasteiger partial charge on any atom is -0.493 e. The van der Waals surface area contributed by atoms with Crippen molar-refractivity contribution in [3.8, 4) is 11.5 Å². The molecule has 34 heavy (non-hydrogen) atoms. The summed E-state index contributed by atoms with van der Waals surface area (Å²) in [5.41, 5.74) is 2.02. The Morgan fingerprint density at radius 1 is 1.06 bits per heavy atom. The first-order chi connectivity index (χ1) is 16.2. The van der Waals surface area contributed by atoms with Gasteiger partial charge in [-0.25, -0.2) is 14.6 Å². The molecule has 10 nitrogen and oxygen atoms in total. The van der Waals surface area contributed by atoms with Crippen LogP contribution in [0.25, 0.3) is 0 Å². The van der Waals surface area contributed by atoms with Crippen LogP contribution < -0.4 is 9.47 Å². The van der Waals surface area contributed by atoms with Crippen LogP contribution in [0.5, 0.6) is 11.5 Å². The van der Waals surface area contributed by atoms with Gasteiger partial charge in [0.1, 0.15) is 0 Å². The molecule has 1 aliphatic heterocycles. The zero-order valence-electron chi connectivity index (χ0n) is 20.1. The van der Waals surface area contributed by atoms with Crippen molar-refractivity contribution < 1.29 is 34.1 Å². The summed E-state index contributed by atoms with van der Waals surface area (Å²) in [5, 5.41) is 22.1. The first-order valence-electron chi connectivity index (χ1n) is 11.1. The van der Waals surface area contributed by atoms with Crippen LogP contribution in [0.1, 0.15) is 31.2 Å². The van der Waals surface area contributed by atoms with E-state index in [4.69, 9.17) is 24.8 Å². The molecule has 10 heteroatoms. The lowest BCUT2D eigenvalue weighted by molar-refractivity contribution is -0.139. The van der Waals surface area contributed by atoms with E-state index in [1.54, 1.807) is 19.2 Å². The summed E-state index contributed by atoms with van der Waals surface area (Å²) in [6.07, 6.45) is 5.36. The first kappa shape index (κ1) is 26.8. The van der Waals surface area contributed by atoms with Crippen LogP contribution in [0.3, 0.4) is 0 Å². The second-order valence-corrected chi connectivity index (χ2v) is 8.33. The van der Waals surface area contributed by atoms with Crippen molar-refractivity contribution in [2.45, 2.75) is 25.7 Å². The maximum atomic E-state index is 12.9. The molecule has 0 aromatic heterocycles. The number of hydrogen-bond acceptors (Lipinski definition) is 7. The number of nitrogens with zero attached hydrogens (tertiary/aromatic N) is 3. The van der Waals surface area contributed by atoms with Gasteiger partial charge in [0.05, 0.1) is 26.5 Å². The standard InChI is InChI=1S/C20H29N3O3.C4H4O4/c1-22(2)11-12-23-20(24)16-8-6-5-7-15(16)19(21-23)14-9-10-17(25-3)18(13-14)26-4;5-3(6)1-2-4(7)8/h9-10,13,15-16H,5-8,11-12H2,1-4H3;1-2H,(H,5,6)(H,7,8)/b;2-1+/t15-,16+;/m1./s1. The lowest BCUT2D eigenvalue weighted by Gasteiger charge is -2.39. The van der Waals surface area contributed by atoms with E-state index in [0.29, 0.717) is 30.2 Å². The third-order valence-electron chi connectivity index (χ3n) is 5.72. The number of rotatable bonds is 8. The zero-order valence-corrected chi connectivity index (χ0v) is 20.1. The van der Waals surface area contributed by atoms with Gasteiger partial charge < -0.3 is 24.6 Å². The van der Waals surface area contributed by atoms with Crippen LogP contribution >= 0.6 is 0 Å². The molecule has 1 amide bonds. The number of benzene rings is 1. The molecule has 1 aliphatic carbocycles. The number of likely N-dealkylation sites (N-methyl/N-ethyl adjacent to an activating group) is 1. The molecule has 0 unspecified atom stereocenters. The Morgan fingerprint density at radius 2 is 1.65 bits per heavy atom. The molecule has 0 bridgehead atoms. The number of hydrazone groups is 1. The van der Waals surface area contributed by atoms with Crippen molar-refractivity contribution in [2.24, 2.45) is 16.9 Å². The monoisotopic (exact) mass is 475 g/mol. The molecule has 2 atom stereocenters. The highest BCUT2D eigenvalue weighted by Crippen LogP contribution is 2.38. The predicted octanol–water partition coefficient (Wildman–Crippen LogP) is 2.33. The largest absolute Gasteiger partial charge is 0.493 e. The molecule has 1 fully saturated rings. The molecule has 186 valence electrons. The quantitative estimate of drug-likeness (QED) is 0.548. The minimum atomic E-state index is -1.26. The third kappa shape index (κ3) is 7.31. The molecule has 2 aliphatic rings. The van der Waals surface area contributed by atoms with Crippen LogP contribution in [0.4, 0.5) is 0 Å².